The van der Waals surface area contributed by atoms with Crippen molar-refractivity contribution < 1.29 is 19.5 Å². The second-order valence-electron chi connectivity index (χ2n) is 4.28. The number of likely N-dealkylation sites (N-methyl/N-ethyl adjacent to an activating group) is 2. The quantitative estimate of drug-likeness (QED) is 0.628. The number of carbonyl (C=O) groups excluding carboxylic acids is 3. The highest BCUT2D eigenvalue weighted by Crippen LogP contribution is 2.25. The molecule has 0 unspecified atom stereocenters. The number of phenols is 1. The highest BCUT2D eigenvalue weighted by Gasteiger charge is 2.37. The molecule has 0 radical (unpaired) electrons. The van der Waals surface area contributed by atoms with Crippen LogP contribution in [0.2, 0.25) is 5.02 Å². The van der Waals surface area contributed by atoms with Crippen molar-refractivity contribution in [3.63, 3.8) is 0 Å². The van der Waals surface area contributed by atoms with Gasteiger partial charge in [0.1, 0.15) is 11.3 Å². The summed E-state index contributed by atoms with van der Waals surface area (Å²) in [6.45, 7) is 0. The monoisotopic (exact) mass is 294 g/mol. The number of nitrogens with zero attached hydrogens (tertiary/aromatic N) is 2. The Balaban J connectivity index is 2.46. The van der Waals surface area contributed by atoms with E-state index >= 15 is 0 Å². The van der Waals surface area contributed by atoms with Crippen LogP contribution < -0.4 is 0 Å². The molecule has 1 heterocycles. The molecule has 7 heteroatoms. The molecule has 0 saturated carbocycles. The van der Waals surface area contributed by atoms with Crippen LogP contribution in [0.4, 0.5) is 4.79 Å². The maximum Gasteiger partial charge on any atom is 0.333 e. The van der Waals surface area contributed by atoms with Gasteiger partial charge in [-0.2, -0.15) is 0 Å². The first kappa shape index (κ1) is 14.1. The highest BCUT2D eigenvalue weighted by atomic mass is 35.5. The normalized spacial score (nSPS) is 15.9. The van der Waals surface area contributed by atoms with E-state index in [-0.39, 0.29) is 16.3 Å². The number of aromatic hydroxyl groups is 1. The molecule has 20 heavy (non-hydrogen) atoms. The third-order valence-corrected chi connectivity index (χ3v) is 3.23. The largest absolute Gasteiger partial charge is 0.506 e. The summed E-state index contributed by atoms with van der Waals surface area (Å²) in [7, 11) is 2.59. The van der Waals surface area contributed by atoms with E-state index in [0.717, 1.165) is 9.80 Å². The van der Waals surface area contributed by atoms with Crippen LogP contribution in [0.3, 0.4) is 0 Å². The Morgan fingerprint density at radius 1 is 1.10 bits per heavy atom. The van der Waals surface area contributed by atoms with Crippen LogP contribution in [-0.4, -0.2) is 46.8 Å². The molecular weight excluding hydrogens is 284 g/mol. The van der Waals surface area contributed by atoms with Gasteiger partial charge in [-0.1, -0.05) is 17.7 Å². The summed E-state index contributed by atoms with van der Waals surface area (Å²) >= 11 is 5.76. The Kier molecular flexibility index (Phi) is 3.50. The van der Waals surface area contributed by atoms with Crippen LogP contribution in [0.25, 0.3) is 6.08 Å². The average Bonchev–Trinajstić information content (AvgIpc) is 2.43. The average molecular weight is 295 g/mol. The van der Waals surface area contributed by atoms with E-state index in [4.69, 9.17) is 11.6 Å². The second-order valence-corrected chi connectivity index (χ2v) is 4.69. The van der Waals surface area contributed by atoms with E-state index in [1.807, 2.05) is 0 Å². The van der Waals surface area contributed by atoms with Gasteiger partial charge in [-0.3, -0.25) is 19.4 Å². The summed E-state index contributed by atoms with van der Waals surface area (Å²) in [4.78, 5) is 37.2. The van der Waals surface area contributed by atoms with Crippen molar-refractivity contribution in [1.82, 2.24) is 9.80 Å². The van der Waals surface area contributed by atoms with Crippen molar-refractivity contribution in [3.8, 4) is 5.75 Å². The first-order valence-electron chi connectivity index (χ1n) is 5.63. The van der Waals surface area contributed by atoms with Gasteiger partial charge >= 0.3 is 6.03 Å². The van der Waals surface area contributed by atoms with Crippen molar-refractivity contribution in [1.29, 1.82) is 0 Å². The molecule has 1 saturated heterocycles. The summed E-state index contributed by atoms with van der Waals surface area (Å²) in [6, 6.07) is 3.60. The van der Waals surface area contributed by atoms with Gasteiger partial charge in [0.25, 0.3) is 11.8 Å². The van der Waals surface area contributed by atoms with Gasteiger partial charge < -0.3 is 5.11 Å². The number of barbiturate groups is 1. The SMILES string of the molecule is CN1C(=O)C(=Cc2ccc(O)c(Cl)c2)C(=O)N(C)C1=O. The summed E-state index contributed by atoms with van der Waals surface area (Å²) in [5.41, 5.74) is 0.331. The van der Waals surface area contributed by atoms with Gasteiger partial charge in [0.2, 0.25) is 0 Å². The number of amides is 4. The molecular formula is C13H11ClN2O4. The van der Waals surface area contributed by atoms with Gasteiger partial charge in [-0.05, 0) is 23.8 Å². The number of benzene rings is 1. The van der Waals surface area contributed by atoms with E-state index < -0.39 is 17.8 Å². The van der Waals surface area contributed by atoms with E-state index in [0.29, 0.717) is 5.56 Å². The van der Waals surface area contributed by atoms with E-state index in [9.17, 15) is 19.5 Å². The smallest absolute Gasteiger partial charge is 0.333 e. The third kappa shape index (κ3) is 2.25. The fraction of sp³-hybridized carbons (Fsp3) is 0.154. The number of halogens is 1. The predicted molar refractivity (Wildman–Crippen MR) is 72.0 cm³/mol. The second kappa shape index (κ2) is 4.97. The summed E-state index contributed by atoms with van der Waals surface area (Å²) < 4.78 is 0. The maximum absolute atomic E-state index is 12.0. The molecule has 0 spiro atoms. The van der Waals surface area contributed by atoms with E-state index in [1.54, 1.807) is 0 Å². The number of imide groups is 2. The third-order valence-electron chi connectivity index (χ3n) is 2.93. The Morgan fingerprint density at radius 3 is 2.15 bits per heavy atom. The molecule has 1 fully saturated rings. The minimum atomic E-state index is -0.680. The number of hydrogen-bond donors (Lipinski definition) is 1. The van der Waals surface area contributed by atoms with Gasteiger partial charge in [0.15, 0.2) is 0 Å². The lowest BCUT2D eigenvalue weighted by molar-refractivity contribution is -0.134. The van der Waals surface area contributed by atoms with Crippen LogP contribution >= 0.6 is 11.6 Å². The molecule has 1 aromatic rings. The number of carbonyl (C=O) groups is 3. The predicted octanol–water partition coefficient (Wildman–Crippen LogP) is 1.48. The van der Waals surface area contributed by atoms with Crippen molar-refractivity contribution in [2.45, 2.75) is 0 Å². The van der Waals surface area contributed by atoms with Gasteiger partial charge in [0, 0.05) is 14.1 Å². The minimum absolute atomic E-state index is 0.0977. The van der Waals surface area contributed by atoms with Crippen molar-refractivity contribution in [2.24, 2.45) is 0 Å². The van der Waals surface area contributed by atoms with E-state index in [2.05, 4.69) is 0 Å². The summed E-state index contributed by atoms with van der Waals surface area (Å²) in [5, 5.41) is 9.43. The van der Waals surface area contributed by atoms with Crippen LogP contribution in [0, 0.1) is 0 Å². The minimum Gasteiger partial charge on any atom is -0.506 e. The van der Waals surface area contributed by atoms with Crippen molar-refractivity contribution in [2.75, 3.05) is 14.1 Å². The number of urea groups is 1. The van der Waals surface area contributed by atoms with Crippen LogP contribution in [0.1, 0.15) is 5.56 Å². The Labute approximate surface area is 119 Å². The molecule has 104 valence electrons. The number of phenolic OH excluding ortho intramolecular Hbond substituents is 1. The van der Waals surface area contributed by atoms with Gasteiger partial charge in [0.05, 0.1) is 5.02 Å². The fourth-order valence-corrected chi connectivity index (χ4v) is 1.94. The van der Waals surface area contributed by atoms with Crippen LogP contribution in [0.5, 0.6) is 5.75 Å². The zero-order valence-electron chi connectivity index (χ0n) is 10.8. The van der Waals surface area contributed by atoms with Gasteiger partial charge in [-0.25, -0.2) is 4.79 Å². The van der Waals surface area contributed by atoms with Crippen molar-refractivity contribution >= 4 is 35.5 Å². The molecule has 1 aliphatic heterocycles. The molecule has 1 aromatic carbocycles. The lowest BCUT2D eigenvalue weighted by atomic mass is 10.1. The lowest BCUT2D eigenvalue weighted by Gasteiger charge is -2.28. The first-order chi connectivity index (χ1) is 9.32. The highest BCUT2D eigenvalue weighted by molar-refractivity contribution is 6.32. The fourth-order valence-electron chi connectivity index (χ4n) is 1.75. The molecule has 6 nitrogen and oxygen atoms in total. The Bertz CT molecular complexity index is 628. The van der Waals surface area contributed by atoms with Gasteiger partial charge in [-0.15, -0.1) is 0 Å². The lowest BCUT2D eigenvalue weighted by Crippen LogP contribution is -2.52. The molecule has 2 rings (SSSR count). The van der Waals surface area contributed by atoms with Crippen molar-refractivity contribution in [3.05, 3.63) is 34.4 Å². The molecule has 0 bridgehead atoms. The van der Waals surface area contributed by atoms with E-state index in [1.165, 1.54) is 38.4 Å². The number of hydrogen-bond acceptors (Lipinski definition) is 4. The zero-order valence-corrected chi connectivity index (χ0v) is 11.5. The molecule has 0 aliphatic carbocycles. The topological polar surface area (TPSA) is 77.9 Å². The maximum atomic E-state index is 12.0. The molecule has 0 aromatic heterocycles. The molecule has 1 aliphatic rings. The number of rotatable bonds is 1. The molecule has 4 amide bonds. The standard InChI is InChI=1S/C13H11ClN2O4/c1-15-11(18)8(12(19)16(2)13(15)20)5-7-3-4-10(17)9(14)6-7/h3-6,17H,1-2H3. The van der Waals surface area contributed by atoms with Crippen LogP contribution in [-0.2, 0) is 9.59 Å². The Hall–Kier alpha value is -2.34. The molecule has 1 N–H and O–H groups in total. The first-order valence-corrected chi connectivity index (χ1v) is 6.01. The molecule has 0 atom stereocenters. The Morgan fingerprint density at radius 2 is 1.65 bits per heavy atom. The summed E-state index contributed by atoms with van der Waals surface area (Å²) in [6.07, 6.45) is 1.33. The zero-order chi connectivity index (χ0) is 15.0. The summed E-state index contributed by atoms with van der Waals surface area (Å²) in [5.74, 6) is -1.45. The van der Waals surface area contributed by atoms with Crippen LogP contribution in [0.15, 0.2) is 23.8 Å².